The number of rotatable bonds is 7. The second-order valence-electron chi connectivity index (χ2n) is 9.14. The highest BCUT2D eigenvalue weighted by Crippen LogP contribution is 2.45. The fourth-order valence-electron chi connectivity index (χ4n) is 4.71. The molecule has 3 N–H and O–H groups in total. The zero-order valence-electron chi connectivity index (χ0n) is 20.0. The van der Waals surface area contributed by atoms with Crippen molar-refractivity contribution in [3.8, 4) is 0 Å². The van der Waals surface area contributed by atoms with Crippen LogP contribution in [0.2, 0.25) is 0 Å². The zero-order chi connectivity index (χ0) is 24.9. The number of nitrogens with two attached hydrogens (primary N) is 1. The van der Waals surface area contributed by atoms with E-state index in [4.69, 9.17) is 11.1 Å². The van der Waals surface area contributed by atoms with Crippen LogP contribution in [0.5, 0.6) is 0 Å². The topological polar surface area (TPSA) is 62.8 Å². The summed E-state index contributed by atoms with van der Waals surface area (Å²) in [4.78, 5) is 4.16. The molecule has 3 aromatic carbocycles. The third kappa shape index (κ3) is 5.03. The molecule has 0 spiro atoms. The summed E-state index contributed by atoms with van der Waals surface area (Å²) in [6.07, 6.45) is 11.2. The average molecular weight is 476 g/mol. The number of hydrogen-bond acceptors (Lipinski definition) is 3. The summed E-state index contributed by atoms with van der Waals surface area (Å²) >= 11 is 0. The lowest BCUT2D eigenvalue weighted by Crippen LogP contribution is -2.15. The van der Waals surface area contributed by atoms with Crippen molar-refractivity contribution in [3.63, 3.8) is 0 Å². The van der Waals surface area contributed by atoms with Crippen LogP contribution in [0.3, 0.4) is 0 Å². The lowest BCUT2D eigenvalue weighted by molar-refractivity contribution is 0.401. The van der Waals surface area contributed by atoms with Gasteiger partial charge in [0.15, 0.2) is 0 Å². The molecule has 1 fully saturated rings. The van der Waals surface area contributed by atoms with Crippen LogP contribution in [0.25, 0.3) is 23.3 Å². The Morgan fingerprint density at radius 2 is 1.58 bits per heavy atom. The number of nitrogen functional groups attached to an aromatic ring is 1. The van der Waals surface area contributed by atoms with E-state index in [1.54, 1.807) is 18.3 Å². The number of allylic oxidation sites excluding steroid dienone is 1. The summed E-state index contributed by atoms with van der Waals surface area (Å²) in [5.74, 6) is -0.590. The van der Waals surface area contributed by atoms with Crippen LogP contribution in [-0.2, 0) is 0 Å². The molecule has 0 saturated heterocycles. The molecule has 1 aliphatic rings. The first-order chi connectivity index (χ1) is 17.6. The normalized spacial score (nSPS) is 14.4. The van der Waals surface area contributed by atoms with Gasteiger partial charge in [0.05, 0.1) is 5.56 Å². The molecule has 0 radical (unpaired) electrons. The molecule has 0 atom stereocenters. The molecule has 4 heteroatoms. The minimum Gasteiger partial charge on any atom is -0.398 e. The highest BCUT2D eigenvalue weighted by molar-refractivity contribution is 6.03. The van der Waals surface area contributed by atoms with Crippen LogP contribution < -0.4 is 5.73 Å². The average Bonchev–Trinajstić information content (AvgIpc) is 2.88. The number of anilines is 1. The van der Waals surface area contributed by atoms with E-state index in [1.165, 1.54) is 17.6 Å². The van der Waals surface area contributed by atoms with Gasteiger partial charge in [-0.05, 0) is 75.9 Å². The Hall–Kier alpha value is -4.31. The van der Waals surface area contributed by atoms with Gasteiger partial charge in [0.25, 0.3) is 0 Å². The van der Waals surface area contributed by atoms with Crippen molar-refractivity contribution < 1.29 is 5.82 Å². The minimum atomic E-state index is -1.02. The molecular weight excluding hydrogens is 445 g/mol. The second-order valence-corrected chi connectivity index (χ2v) is 9.14. The summed E-state index contributed by atoms with van der Waals surface area (Å²) in [6.45, 7) is 0. The summed E-state index contributed by atoms with van der Waals surface area (Å²) in [6, 6.07) is 28.2. The van der Waals surface area contributed by atoms with Gasteiger partial charge in [-0.3, -0.25) is 10.4 Å². The Morgan fingerprint density at radius 1 is 0.861 bits per heavy atom. The number of nitrogens with one attached hydrogen (secondary N) is 1. The van der Waals surface area contributed by atoms with E-state index < -0.39 is 5.97 Å². The first kappa shape index (κ1) is 23.4. The Kier molecular flexibility index (Phi) is 6.85. The standard InChI is InChI=1S/C32H28FN3.H2/c33-32(35)28-20-27(17-18-29(28)34)31(30(25-9-4-10-25)24-7-2-1-3-8-24)26-15-13-22(14-16-26)11-12-23-6-5-19-36-21-23;/h1-3,5-8,11-21,25,35H,4,9-10,34H2;1H/b12-11+,31-30-,35-32?;. The van der Waals surface area contributed by atoms with Gasteiger partial charge in [-0.2, -0.15) is 4.39 Å². The Morgan fingerprint density at radius 3 is 2.22 bits per heavy atom. The highest BCUT2D eigenvalue weighted by atomic mass is 19.1. The van der Waals surface area contributed by atoms with Gasteiger partial charge in [-0.15, -0.1) is 0 Å². The van der Waals surface area contributed by atoms with Gasteiger partial charge < -0.3 is 5.73 Å². The van der Waals surface area contributed by atoms with E-state index in [0.717, 1.165) is 40.7 Å². The van der Waals surface area contributed by atoms with Crippen molar-refractivity contribution in [1.82, 2.24) is 4.98 Å². The molecule has 1 aliphatic carbocycles. The first-order valence-electron chi connectivity index (χ1n) is 12.2. The predicted octanol–water partition coefficient (Wildman–Crippen LogP) is 8.13. The van der Waals surface area contributed by atoms with Crippen LogP contribution in [-0.4, -0.2) is 10.9 Å². The van der Waals surface area contributed by atoms with E-state index in [-0.39, 0.29) is 12.7 Å². The number of aromatic nitrogens is 1. The molecule has 0 amide bonds. The van der Waals surface area contributed by atoms with Gasteiger partial charge in [-0.25, -0.2) is 0 Å². The van der Waals surface area contributed by atoms with E-state index in [2.05, 4.69) is 59.6 Å². The summed E-state index contributed by atoms with van der Waals surface area (Å²) in [5, 5.41) is 7.59. The minimum absolute atomic E-state index is 0. The third-order valence-corrected chi connectivity index (χ3v) is 6.80. The molecule has 5 rings (SSSR count). The maximum Gasteiger partial charge on any atom is 0.214 e. The van der Waals surface area contributed by atoms with Gasteiger partial charge in [-0.1, -0.05) is 85.3 Å². The second kappa shape index (κ2) is 10.5. The highest BCUT2D eigenvalue weighted by Gasteiger charge is 2.27. The number of benzene rings is 3. The molecule has 0 aliphatic heterocycles. The first-order valence-corrected chi connectivity index (χ1v) is 12.2. The van der Waals surface area contributed by atoms with E-state index in [0.29, 0.717) is 5.92 Å². The van der Waals surface area contributed by atoms with Crippen LogP contribution in [0.4, 0.5) is 10.1 Å². The van der Waals surface area contributed by atoms with Crippen LogP contribution in [0.15, 0.2) is 97.3 Å². The number of nitrogens with zero attached hydrogens (tertiary/aromatic N) is 1. The fourth-order valence-corrected chi connectivity index (χ4v) is 4.71. The monoisotopic (exact) mass is 475 g/mol. The molecule has 4 aromatic rings. The molecule has 3 nitrogen and oxygen atoms in total. The van der Waals surface area contributed by atoms with E-state index in [1.807, 2.05) is 36.5 Å². The maximum atomic E-state index is 14.1. The Bertz CT molecular complexity index is 1420. The van der Waals surface area contributed by atoms with Gasteiger partial charge in [0.2, 0.25) is 5.97 Å². The Balaban J connectivity index is 0.00000320. The van der Waals surface area contributed by atoms with E-state index in [9.17, 15) is 4.39 Å². The maximum absolute atomic E-state index is 14.1. The van der Waals surface area contributed by atoms with E-state index >= 15 is 0 Å². The van der Waals surface area contributed by atoms with Crippen molar-refractivity contribution in [2.45, 2.75) is 19.3 Å². The summed E-state index contributed by atoms with van der Waals surface area (Å²) in [7, 11) is 0. The smallest absolute Gasteiger partial charge is 0.214 e. The summed E-state index contributed by atoms with van der Waals surface area (Å²) in [5.41, 5.74) is 14.0. The lowest BCUT2D eigenvalue weighted by Gasteiger charge is -2.31. The Labute approximate surface area is 212 Å². The lowest BCUT2D eigenvalue weighted by atomic mass is 9.73. The molecule has 1 aromatic heterocycles. The summed E-state index contributed by atoms with van der Waals surface area (Å²) < 4.78 is 14.1. The third-order valence-electron chi connectivity index (χ3n) is 6.80. The molecule has 1 saturated carbocycles. The van der Waals surface area contributed by atoms with Crippen LogP contribution in [0.1, 0.15) is 54.1 Å². The van der Waals surface area contributed by atoms with Crippen molar-refractivity contribution in [1.29, 1.82) is 5.41 Å². The number of hydrogen-bond donors (Lipinski definition) is 2. The fraction of sp³-hybridized carbons (Fsp3) is 0.125. The molecule has 0 unspecified atom stereocenters. The van der Waals surface area contributed by atoms with Crippen LogP contribution in [0, 0.1) is 11.3 Å². The SMILES string of the molecule is N=C(F)c1cc(/C(=C(/c2ccccc2)C2CCC2)c2ccc(/C=C/c3cccnc3)cc2)ccc1N.[HH]. The van der Waals surface area contributed by atoms with Crippen molar-refractivity contribution in [3.05, 3.63) is 131 Å². The van der Waals surface area contributed by atoms with Crippen molar-refractivity contribution in [2.24, 2.45) is 5.92 Å². The molecule has 1 heterocycles. The van der Waals surface area contributed by atoms with Gasteiger partial charge in [0, 0.05) is 19.5 Å². The van der Waals surface area contributed by atoms with Gasteiger partial charge in [0.1, 0.15) is 0 Å². The number of halogens is 1. The molecule has 36 heavy (non-hydrogen) atoms. The molecule has 180 valence electrons. The molecular formula is C32H30FN3. The van der Waals surface area contributed by atoms with Crippen molar-refractivity contribution >= 4 is 35.0 Å². The zero-order valence-corrected chi connectivity index (χ0v) is 20.0. The van der Waals surface area contributed by atoms with Crippen LogP contribution >= 0.6 is 0 Å². The quantitative estimate of drug-likeness (QED) is 0.161. The number of pyridine rings is 1. The molecule has 0 bridgehead atoms. The predicted molar refractivity (Wildman–Crippen MR) is 150 cm³/mol. The largest absolute Gasteiger partial charge is 0.398 e. The van der Waals surface area contributed by atoms with Crippen molar-refractivity contribution in [2.75, 3.05) is 5.73 Å². The van der Waals surface area contributed by atoms with Gasteiger partial charge >= 0.3 is 0 Å².